The van der Waals surface area contributed by atoms with E-state index >= 15 is 0 Å². The molecule has 0 saturated carbocycles. The molecule has 0 aromatic rings. The highest BCUT2D eigenvalue weighted by atomic mass is 16.3. The Balaban J connectivity index is 2.21. The highest BCUT2D eigenvalue weighted by Crippen LogP contribution is 2.36. The Hall–Kier alpha value is -0.0800. The Bertz CT molecular complexity index is 189. The van der Waals surface area contributed by atoms with Gasteiger partial charge in [0.15, 0.2) is 0 Å². The van der Waals surface area contributed by atoms with Crippen LogP contribution in [-0.2, 0) is 0 Å². The number of rotatable bonds is 7. The fourth-order valence-corrected chi connectivity index (χ4v) is 2.80. The molecule has 0 aromatic carbocycles. The summed E-state index contributed by atoms with van der Waals surface area (Å²) in [5.74, 6) is 0. The van der Waals surface area contributed by atoms with Crippen molar-refractivity contribution in [3.63, 3.8) is 0 Å². The molecule has 1 N–H and O–H groups in total. The fourth-order valence-electron chi connectivity index (χ4n) is 2.80. The molecular weight excluding hydrogens is 198 g/mol. The number of hydrogen-bond donors (Lipinski definition) is 1. The van der Waals surface area contributed by atoms with E-state index in [9.17, 15) is 5.11 Å². The molecule has 2 nitrogen and oxygen atoms in total. The van der Waals surface area contributed by atoms with Crippen molar-refractivity contribution in [2.24, 2.45) is 5.41 Å². The van der Waals surface area contributed by atoms with Crippen molar-refractivity contribution in [2.45, 2.75) is 65.4 Å². The second kappa shape index (κ2) is 6.61. The number of hydrogen-bond acceptors (Lipinski definition) is 2. The lowest BCUT2D eigenvalue weighted by molar-refractivity contribution is 0.150. The lowest BCUT2D eigenvalue weighted by Crippen LogP contribution is -2.27. The van der Waals surface area contributed by atoms with Crippen LogP contribution in [0, 0.1) is 5.41 Å². The topological polar surface area (TPSA) is 23.5 Å². The number of nitrogens with zero attached hydrogens (tertiary/aromatic N) is 1. The van der Waals surface area contributed by atoms with Gasteiger partial charge >= 0.3 is 0 Å². The Kier molecular flexibility index (Phi) is 5.77. The molecule has 2 heteroatoms. The largest absolute Gasteiger partial charge is 0.393 e. The Morgan fingerprint density at radius 3 is 2.44 bits per heavy atom. The van der Waals surface area contributed by atoms with Crippen molar-refractivity contribution >= 4 is 0 Å². The molecule has 1 fully saturated rings. The predicted octanol–water partition coefficient (Wildman–Crippen LogP) is 3.05. The maximum Gasteiger partial charge on any atom is 0.0538 e. The van der Waals surface area contributed by atoms with Gasteiger partial charge in [0.2, 0.25) is 0 Å². The van der Waals surface area contributed by atoms with Crippen LogP contribution in [0.2, 0.25) is 0 Å². The first-order valence-corrected chi connectivity index (χ1v) is 7.06. The minimum Gasteiger partial charge on any atom is -0.393 e. The molecule has 1 saturated heterocycles. The molecule has 1 aliphatic heterocycles. The quantitative estimate of drug-likeness (QED) is 0.722. The van der Waals surface area contributed by atoms with Crippen LogP contribution in [-0.4, -0.2) is 35.7 Å². The van der Waals surface area contributed by atoms with Gasteiger partial charge in [0.1, 0.15) is 0 Å². The van der Waals surface area contributed by atoms with E-state index in [0.29, 0.717) is 5.41 Å². The van der Waals surface area contributed by atoms with Gasteiger partial charge in [-0.2, -0.15) is 0 Å². The minimum absolute atomic E-state index is 0.0790. The molecule has 16 heavy (non-hydrogen) atoms. The molecule has 1 rings (SSSR count). The first-order chi connectivity index (χ1) is 7.65. The van der Waals surface area contributed by atoms with E-state index in [-0.39, 0.29) is 6.10 Å². The normalized spacial score (nSPS) is 22.5. The van der Waals surface area contributed by atoms with Crippen LogP contribution in [0.25, 0.3) is 0 Å². The molecule has 1 heterocycles. The summed E-state index contributed by atoms with van der Waals surface area (Å²) in [5, 5.41) is 9.51. The minimum atomic E-state index is -0.0790. The molecule has 0 radical (unpaired) electrons. The fraction of sp³-hybridized carbons (Fsp3) is 1.00. The second-order valence-electron chi connectivity index (χ2n) is 5.44. The van der Waals surface area contributed by atoms with E-state index in [1.54, 1.807) is 0 Å². The van der Waals surface area contributed by atoms with Crippen LogP contribution in [0.15, 0.2) is 0 Å². The van der Waals surface area contributed by atoms with Gasteiger partial charge in [-0.1, -0.05) is 20.8 Å². The molecule has 0 bridgehead atoms. The third kappa shape index (κ3) is 3.74. The summed E-state index contributed by atoms with van der Waals surface area (Å²) in [6.07, 6.45) is 6.94. The summed E-state index contributed by atoms with van der Waals surface area (Å²) in [4.78, 5) is 2.59. The van der Waals surface area contributed by atoms with Gasteiger partial charge < -0.3 is 10.0 Å². The van der Waals surface area contributed by atoms with Gasteiger partial charge in [-0.05, 0) is 57.0 Å². The highest BCUT2D eigenvalue weighted by molar-refractivity contribution is 4.87. The first-order valence-electron chi connectivity index (χ1n) is 7.06. The standard InChI is InChI=1S/C14H29NO/c1-4-13(16)8-7-10-15-11-9-14(5-2,6-3)12-15/h13,16H,4-12H2,1-3H3. The zero-order valence-corrected chi connectivity index (χ0v) is 11.3. The lowest BCUT2D eigenvalue weighted by Gasteiger charge is -2.26. The van der Waals surface area contributed by atoms with Crippen LogP contribution in [0.5, 0.6) is 0 Å². The van der Waals surface area contributed by atoms with Crippen LogP contribution in [0.4, 0.5) is 0 Å². The zero-order valence-electron chi connectivity index (χ0n) is 11.3. The van der Waals surface area contributed by atoms with Crippen molar-refractivity contribution in [1.29, 1.82) is 0 Å². The van der Waals surface area contributed by atoms with Crippen LogP contribution < -0.4 is 0 Å². The molecule has 0 aromatic heterocycles. The molecule has 96 valence electrons. The summed E-state index contributed by atoms with van der Waals surface area (Å²) >= 11 is 0. The second-order valence-corrected chi connectivity index (χ2v) is 5.44. The summed E-state index contributed by atoms with van der Waals surface area (Å²) in [6, 6.07) is 0. The predicted molar refractivity (Wildman–Crippen MR) is 69.6 cm³/mol. The Morgan fingerprint density at radius 1 is 1.25 bits per heavy atom. The lowest BCUT2D eigenvalue weighted by atomic mass is 9.82. The number of aliphatic hydroxyl groups is 1. The van der Waals surface area contributed by atoms with Crippen molar-refractivity contribution < 1.29 is 5.11 Å². The molecule has 0 amide bonds. The molecular formula is C14H29NO. The van der Waals surface area contributed by atoms with Crippen LogP contribution in [0.3, 0.4) is 0 Å². The van der Waals surface area contributed by atoms with Crippen LogP contribution >= 0.6 is 0 Å². The zero-order chi connectivity index (χ0) is 12.0. The van der Waals surface area contributed by atoms with Gasteiger partial charge in [0.05, 0.1) is 6.10 Å². The van der Waals surface area contributed by atoms with Crippen molar-refractivity contribution in [2.75, 3.05) is 19.6 Å². The van der Waals surface area contributed by atoms with Crippen LogP contribution in [0.1, 0.15) is 59.3 Å². The maximum atomic E-state index is 9.51. The third-order valence-corrected chi connectivity index (χ3v) is 4.50. The van der Waals surface area contributed by atoms with E-state index in [0.717, 1.165) is 19.3 Å². The Morgan fingerprint density at radius 2 is 1.94 bits per heavy atom. The number of aliphatic hydroxyl groups excluding tert-OH is 1. The Labute approximate surface area is 101 Å². The smallest absolute Gasteiger partial charge is 0.0538 e. The van der Waals surface area contributed by atoms with E-state index in [1.165, 1.54) is 38.9 Å². The van der Waals surface area contributed by atoms with Crippen molar-refractivity contribution in [1.82, 2.24) is 4.90 Å². The molecule has 0 aliphatic carbocycles. The SMILES string of the molecule is CCC(O)CCCN1CCC(CC)(CC)C1. The van der Waals surface area contributed by atoms with Gasteiger partial charge in [-0.3, -0.25) is 0 Å². The van der Waals surface area contributed by atoms with E-state index < -0.39 is 0 Å². The molecule has 0 spiro atoms. The third-order valence-electron chi connectivity index (χ3n) is 4.50. The summed E-state index contributed by atoms with van der Waals surface area (Å²) in [6.45, 7) is 10.4. The van der Waals surface area contributed by atoms with E-state index in [4.69, 9.17) is 0 Å². The highest BCUT2D eigenvalue weighted by Gasteiger charge is 2.34. The van der Waals surface area contributed by atoms with E-state index in [2.05, 4.69) is 25.7 Å². The van der Waals surface area contributed by atoms with Crippen molar-refractivity contribution in [3.05, 3.63) is 0 Å². The maximum absolute atomic E-state index is 9.51. The average Bonchev–Trinajstić information content (AvgIpc) is 2.73. The van der Waals surface area contributed by atoms with Gasteiger partial charge in [-0.15, -0.1) is 0 Å². The van der Waals surface area contributed by atoms with E-state index in [1.807, 2.05) is 0 Å². The van der Waals surface area contributed by atoms with Gasteiger partial charge in [-0.25, -0.2) is 0 Å². The summed E-state index contributed by atoms with van der Waals surface area (Å²) in [5.41, 5.74) is 0.601. The summed E-state index contributed by atoms with van der Waals surface area (Å²) < 4.78 is 0. The molecule has 1 unspecified atom stereocenters. The van der Waals surface area contributed by atoms with Gasteiger partial charge in [0, 0.05) is 6.54 Å². The molecule has 1 aliphatic rings. The summed E-state index contributed by atoms with van der Waals surface area (Å²) in [7, 11) is 0. The first kappa shape index (κ1) is 14.0. The van der Waals surface area contributed by atoms with Crippen molar-refractivity contribution in [3.8, 4) is 0 Å². The average molecular weight is 227 g/mol. The monoisotopic (exact) mass is 227 g/mol. The number of likely N-dealkylation sites (tertiary alicyclic amines) is 1. The van der Waals surface area contributed by atoms with Gasteiger partial charge in [0.25, 0.3) is 0 Å². The molecule has 1 atom stereocenters.